The Kier molecular flexibility index (Phi) is 2.35. The van der Waals surface area contributed by atoms with Crippen molar-refractivity contribution in [1.82, 2.24) is 4.98 Å². The van der Waals surface area contributed by atoms with Crippen molar-refractivity contribution < 1.29 is 4.79 Å². The highest BCUT2D eigenvalue weighted by Crippen LogP contribution is 2.35. The van der Waals surface area contributed by atoms with Gasteiger partial charge in [-0.15, -0.1) is 0 Å². The number of rotatable bonds is 0. The van der Waals surface area contributed by atoms with Gasteiger partial charge in [0.05, 0.1) is 11.6 Å². The smallest absolute Gasteiger partial charge is 0.229 e. The maximum absolute atomic E-state index is 12.0. The van der Waals surface area contributed by atoms with E-state index in [1.54, 1.807) is 6.20 Å². The number of fused-ring (bicyclic) bond motifs is 2. The number of anilines is 2. The van der Waals surface area contributed by atoms with Gasteiger partial charge in [0.25, 0.3) is 0 Å². The predicted octanol–water partition coefficient (Wildman–Crippen LogP) is 2.38. The molecule has 84 valence electrons. The first-order chi connectivity index (χ1) is 7.74. The van der Waals surface area contributed by atoms with Crippen LogP contribution in [0.25, 0.3) is 0 Å². The van der Waals surface area contributed by atoms with Crippen LogP contribution < -0.4 is 10.6 Å². The van der Waals surface area contributed by atoms with Crippen LogP contribution in [0.5, 0.6) is 0 Å². The molecule has 1 fully saturated rings. The summed E-state index contributed by atoms with van der Waals surface area (Å²) in [6.07, 6.45) is 4.88. The molecule has 2 N–H and O–H groups in total. The van der Waals surface area contributed by atoms with Crippen LogP contribution >= 0.6 is 15.9 Å². The van der Waals surface area contributed by atoms with Crippen molar-refractivity contribution in [2.75, 3.05) is 10.6 Å². The minimum Gasteiger partial charge on any atom is -0.365 e. The van der Waals surface area contributed by atoms with Crippen molar-refractivity contribution in [3.63, 3.8) is 0 Å². The van der Waals surface area contributed by atoms with Gasteiger partial charge in [-0.2, -0.15) is 0 Å². The summed E-state index contributed by atoms with van der Waals surface area (Å²) in [6, 6.07) is 2.13. The van der Waals surface area contributed by atoms with E-state index in [0.717, 1.165) is 35.2 Å². The molecule has 0 saturated heterocycles. The molecule has 2 aliphatic rings. The van der Waals surface area contributed by atoms with Gasteiger partial charge in [-0.05, 0) is 34.8 Å². The van der Waals surface area contributed by atoms with Crippen LogP contribution in [0.4, 0.5) is 11.5 Å². The highest BCUT2D eigenvalue weighted by Gasteiger charge is 2.36. The monoisotopic (exact) mass is 281 g/mol. The van der Waals surface area contributed by atoms with Gasteiger partial charge in [0.2, 0.25) is 5.91 Å². The lowest BCUT2D eigenvalue weighted by molar-refractivity contribution is -0.119. The summed E-state index contributed by atoms with van der Waals surface area (Å²) >= 11 is 3.36. The molecular weight excluding hydrogens is 270 g/mol. The van der Waals surface area contributed by atoms with Crippen LogP contribution in [0.2, 0.25) is 0 Å². The zero-order chi connectivity index (χ0) is 11.1. The maximum Gasteiger partial charge on any atom is 0.229 e. The Morgan fingerprint density at radius 3 is 3.19 bits per heavy atom. The van der Waals surface area contributed by atoms with E-state index in [1.165, 1.54) is 0 Å². The standard InChI is InChI=1S/C11H12BrN3O/c12-6-4-9-10(13-5-6)14-8-3-1-2-7(8)11(16)15-9/h4-5,7-8H,1-3H2,(H,13,14)(H,15,16). The molecule has 1 amide bonds. The Hall–Kier alpha value is -1.10. The predicted molar refractivity (Wildman–Crippen MR) is 65.3 cm³/mol. The summed E-state index contributed by atoms with van der Waals surface area (Å²) < 4.78 is 0.875. The fourth-order valence-electron chi connectivity index (χ4n) is 2.50. The topological polar surface area (TPSA) is 54.0 Å². The van der Waals surface area contributed by atoms with Crippen LogP contribution in [-0.4, -0.2) is 16.9 Å². The second-order valence-electron chi connectivity index (χ2n) is 4.33. The molecule has 0 bridgehead atoms. The summed E-state index contributed by atoms with van der Waals surface area (Å²) in [5, 5.41) is 6.30. The lowest BCUT2D eigenvalue weighted by Gasteiger charge is -2.15. The highest BCUT2D eigenvalue weighted by molar-refractivity contribution is 9.10. The molecule has 2 unspecified atom stereocenters. The number of halogens is 1. The van der Waals surface area contributed by atoms with Gasteiger partial charge in [0, 0.05) is 16.7 Å². The lowest BCUT2D eigenvalue weighted by Crippen LogP contribution is -2.30. The molecule has 1 saturated carbocycles. The number of hydrogen-bond donors (Lipinski definition) is 2. The third-order valence-corrected chi connectivity index (χ3v) is 3.72. The number of carbonyl (C=O) groups excluding carboxylic acids is 1. The Balaban J connectivity index is 2.01. The van der Waals surface area contributed by atoms with Gasteiger partial charge in [0.1, 0.15) is 5.82 Å². The highest BCUT2D eigenvalue weighted by atomic mass is 79.9. The van der Waals surface area contributed by atoms with E-state index in [2.05, 4.69) is 31.5 Å². The number of pyridine rings is 1. The first kappa shape index (κ1) is 10.1. The molecule has 0 spiro atoms. The molecule has 0 radical (unpaired) electrons. The van der Waals surface area contributed by atoms with Crippen LogP contribution in [-0.2, 0) is 4.79 Å². The quantitative estimate of drug-likeness (QED) is 0.768. The van der Waals surface area contributed by atoms with Crippen LogP contribution in [0.3, 0.4) is 0 Å². The molecule has 1 aliphatic heterocycles. The third-order valence-electron chi connectivity index (χ3n) is 3.29. The van der Waals surface area contributed by atoms with Gasteiger partial charge in [-0.1, -0.05) is 6.42 Å². The zero-order valence-corrected chi connectivity index (χ0v) is 10.3. The number of amides is 1. The number of carbonyl (C=O) groups is 1. The van der Waals surface area contributed by atoms with Gasteiger partial charge in [-0.25, -0.2) is 4.98 Å². The number of nitrogens with zero attached hydrogens (tertiary/aromatic N) is 1. The molecule has 1 aromatic rings. The first-order valence-electron chi connectivity index (χ1n) is 5.47. The van der Waals surface area contributed by atoms with Crippen molar-refractivity contribution in [1.29, 1.82) is 0 Å². The van der Waals surface area contributed by atoms with Crippen molar-refractivity contribution in [3.8, 4) is 0 Å². The van der Waals surface area contributed by atoms with Crippen LogP contribution in [0.15, 0.2) is 16.7 Å². The number of hydrogen-bond acceptors (Lipinski definition) is 3. The third kappa shape index (κ3) is 1.59. The van der Waals surface area contributed by atoms with Crippen molar-refractivity contribution >= 4 is 33.3 Å². The normalized spacial score (nSPS) is 27.4. The van der Waals surface area contributed by atoms with E-state index in [4.69, 9.17) is 0 Å². The Morgan fingerprint density at radius 1 is 1.44 bits per heavy atom. The molecule has 5 heteroatoms. The Morgan fingerprint density at radius 2 is 2.31 bits per heavy atom. The van der Waals surface area contributed by atoms with Gasteiger partial charge in [0.15, 0.2) is 0 Å². The van der Waals surface area contributed by atoms with Crippen molar-refractivity contribution in [2.45, 2.75) is 25.3 Å². The van der Waals surface area contributed by atoms with Gasteiger partial charge >= 0.3 is 0 Å². The average molecular weight is 282 g/mol. The minimum atomic E-state index is 0.0907. The molecule has 2 heterocycles. The molecule has 4 nitrogen and oxygen atoms in total. The second kappa shape index (κ2) is 3.73. The molecule has 1 aromatic heterocycles. The molecule has 0 aromatic carbocycles. The second-order valence-corrected chi connectivity index (χ2v) is 5.24. The van der Waals surface area contributed by atoms with Gasteiger partial charge in [-0.3, -0.25) is 4.79 Å². The number of aromatic nitrogens is 1. The molecular formula is C11H12BrN3O. The molecule has 2 atom stereocenters. The first-order valence-corrected chi connectivity index (χ1v) is 6.26. The SMILES string of the molecule is O=C1Nc2cc(Br)cnc2NC2CCCC12. The van der Waals surface area contributed by atoms with Crippen LogP contribution in [0.1, 0.15) is 19.3 Å². The van der Waals surface area contributed by atoms with E-state index in [9.17, 15) is 4.79 Å². The van der Waals surface area contributed by atoms with E-state index in [0.29, 0.717) is 0 Å². The van der Waals surface area contributed by atoms with Crippen molar-refractivity contribution in [3.05, 3.63) is 16.7 Å². The van der Waals surface area contributed by atoms with E-state index in [-0.39, 0.29) is 17.9 Å². The fourth-order valence-corrected chi connectivity index (χ4v) is 2.83. The summed E-state index contributed by atoms with van der Waals surface area (Å²) in [4.78, 5) is 16.3. The summed E-state index contributed by atoms with van der Waals surface area (Å²) in [5.41, 5.74) is 0.772. The molecule has 16 heavy (non-hydrogen) atoms. The van der Waals surface area contributed by atoms with E-state index < -0.39 is 0 Å². The fraction of sp³-hybridized carbons (Fsp3) is 0.455. The van der Waals surface area contributed by atoms with E-state index >= 15 is 0 Å². The summed E-state index contributed by atoms with van der Waals surface area (Å²) in [7, 11) is 0. The Bertz CT molecular complexity index is 449. The molecule has 1 aliphatic carbocycles. The number of nitrogens with one attached hydrogen (secondary N) is 2. The Labute approximate surface area is 102 Å². The minimum absolute atomic E-state index is 0.0907. The summed E-state index contributed by atoms with van der Waals surface area (Å²) in [5.74, 6) is 0.993. The largest absolute Gasteiger partial charge is 0.365 e. The average Bonchev–Trinajstić information content (AvgIpc) is 2.65. The van der Waals surface area contributed by atoms with Crippen molar-refractivity contribution in [2.24, 2.45) is 5.92 Å². The zero-order valence-electron chi connectivity index (χ0n) is 8.66. The summed E-state index contributed by atoms with van der Waals surface area (Å²) in [6.45, 7) is 0. The van der Waals surface area contributed by atoms with Gasteiger partial charge < -0.3 is 10.6 Å². The lowest BCUT2D eigenvalue weighted by atomic mass is 10.0. The molecule has 3 rings (SSSR count). The van der Waals surface area contributed by atoms with Crippen LogP contribution in [0, 0.1) is 5.92 Å². The van der Waals surface area contributed by atoms with E-state index in [1.807, 2.05) is 6.07 Å². The maximum atomic E-state index is 12.0.